The van der Waals surface area contributed by atoms with Crippen LogP contribution in [0, 0.1) is 5.92 Å². The number of rotatable bonds is 5. The molecule has 1 aromatic rings. The average Bonchev–Trinajstić information content (AvgIpc) is 3.39. The normalized spacial score (nSPS) is 32.3. The van der Waals surface area contributed by atoms with Crippen molar-refractivity contribution in [2.24, 2.45) is 5.92 Å². The third-order valence-electron chi connectivity index (χ3n) is 6.32. The number of hydrogen-bond acceptors (Lipinski definition) is 5. The molecule has 1 saturated carbocycles. The summed E-state index contributed by atoms with van der Waals surface area (Å²) < 4.78 is 16.7. The number of hydrogen-bond donors (Lipinski definition) is 1. The molecule has 6 nitrogen and oxygen atoms in total. The number of ether oxygens (including phenoxy) is 3. The van der Waals surface area contributed by atoms with Gasteiger partial charge in [-0.15, -0.1) is 0 Å². The minimum Gasteiger partial charge on any atom is -0.454 e. The first-order valence-corrected chi connectivity index (χ1v) is 9.83. The van der Waals surface area contributed by atoms with Gasteiger partial charge in [-0.1, -0.05) is 6.07 Å². The van der Waals surface area contributed by atoms with Crippen molar-refractivity contribution in [3.63, 3.8) is 0 Å². The van der Waals surface area contributed by atoms with Crippen molar-refractivity contribution in [2.75, 3.05) is 26.5 Å². The van der Waals surface area contributed by atoms with E-state index in [1.165, 1.54) is 12.8 Å². The van der Waals surface area contributed by atoms with Crippen LogP contribution in [0.4, 0.5) is 0 Å². The van der Waals surface area contributed by atoms with Gasteiger partial charge in [-0.3, -0.25) is 9.69 Å². The summed E-state index contributed by atoms with van der Waals surface area (Å²) in [6, 6.07) is 6.54. The first-order valence-electron chi connectivity index (χ1n) is 9.83. The van der Waals surface area contributed by atoms with Crippen molar-refractivity contribution in [2.45, 2.75) is 50.3 Å². The number of carbonyl (C=O) groups is 1. The molecule has 1 amide bonds. The number of benzene rings is 1. The quantitative estimate of drug-likeness (QED) is 0.868. The van der Waals surface area contributed by atoms with Crippen LogP contribution in [0.5, 0.6) is 11.5 Å². The van der Waals surface area contributed by atoms with Crippen molar-refractivity contribution < 1.29 is 19.0 Å². The van der Waals surface area contributed by atoms with Crippen molar-refractivity contribution in [3.8, 4) is 11.5 Å². The maximum atomic E-state index is 12.6. The fourth-order valence-electron chi connectivity index (χ4n) is 4.96. The van der Waals surface area contributed by atoms with Crippen LogP contribution in [0.1, 0.15) is 31.2 Å². The van der Waals surface area contributed by atoms with Gasteiger partial charge in [0.2, 0.25) is 12.7 Å². The minimum absolute atomic E-state index is 0.141. The van der Waals surface area contributed by atoms with Crippen LogP contribution in [-0.4, -0.2) is 55.5 Å². The number of amides is 1. The van der Waals surface area contributed by atoms with Crippen molar-refractivity contribution in [3.05, 3.63) is 23.8 Å². The van der Waals surface area contributed by atoms with Gasteiger partial charge in [0.1, 0.15) is 0 Å². The van der Waals surface area contributed by atoms with Crippen LogP contribution in [-0.2, 0) is 16.0 Å². The Kier molecular flexibility index (Phi) is 4.25. The van der Waals surface area contributed by atoms with E-state index in [4.69, 9.17) is 14.2 Å². The number of likely N-dealkylation sites (tertiary alicyclic amines) is 1. The molecule has 26 heavy (non-hydrogen) atoms. The molecule has 1 aromatic carbocycles. The van der Waals surface area contributed by atoms with E-state index < -0.39 is 0 Å². The zero-order valence-electron chi connectivity index (χ0n) is 15.0. The molecule has 140 valence electrons. The Morgan fingerprint density at radius 1 is 1.19 bits per heavy atom. The lowest BCUT2D eigenvalue weighted by Gasteiger charge is -2.51. The standard InChI is InChI=1S/C20H26N2O4/c23-17(6-4-13-3-5-15-16(11-13)26-12-25-15)21-18-14-7-10-24-20(14)19(18)22-8-1-2-9-22/h3,5,11,14,18-20H,1-2,4,6-10,12H2,(H,21,23)/t14-,18+,19-,20-/m1/s1. The second-order valence-electron chi connectivity index (χ2n) is 7.80. The van der Waals surface area contributed by atoms with E-state index in [0.29, 0.717) is 30.9 Å². The SMILES string of the molecule is O=C(CCc1ccc2c(c1)OCO2)N[C@H]1[C@H]2CCO[C@H]2[C@@H]1N1CCCC1. The Hall–Kier alpha value is -1.79. The zero-order valence-corrected chi connectivity index (χ0v) is 15.0. The van der Waals surface area contributed by atoms with Gasteiger partial charge in [-0.25, -0.2) is 0 Å². The topological polar surface area (TPSA) is 60.0 Å². The van der Waals surface area contributed by atoms with Crippen LogP contribution in [0.3, 0.4) is 0 Å². The first-order chi connectivity index (χ1) is 12.8. The maximum Gasteiger partial charge on any atom is 0.231 e. The molecule has 3 fully saturated rings. The van der Waals surface area contributed by atoms with Crippen LogP contribution in [0.15, 0.2) is 18.2 Å². The molecule has 6 heteroatoms. The number of carbonyl (C=O) groups excluding carboxylic acids is 1. The van der Waals surface area contributed by atoms with Gasteiger partial charge in [0.15, 0.2) is 11.5 Å². The molecule has 0 spiro atoms. The molecular weight excluding hydrogens is 332 g/mol. The Balaban J connectivity index is 1.18. The number of fused-ring (bicyclic) bond motifs is 2. The molecule has 2 saturated heterocycles. The molecular formula is C20H26N2O4. The predicted octanol–water partition coefficient (Wildman–Crippen LogP) is 1.72. The number of nitrogens with zero attached hydrogens (tertiary/aromatic N) is 1. The first kappa shape index (κ1) is 16.4. The van der Waals surface area contributed by atoms with E-state index in [1.54, 1.807) is 0 Å². The lowest BCUT2D eigenvalue weighted by Crippen LogP contribution is -2.70. The molecule has 3 heterocycles. The molecule has 4 atom stereocenters. The Labute approximate surface area is 153 Å². The average molecular weight is 358 g/mol. The fourth-order valence-corrected chi connectivity index (χ4v) is 4.96. The van der Waals surface area contributed by atoms with Crippen molar-refractivity contribution in [1.29, 1.82) is 0 Å². The molecule has 1 N–H and O–H groups in total. The maximum absolute atomic E-state index is 12.6. The van der Waals surface area contributed by atoms with E-state index in [1.807, 2.05) is 18.2 Å². The Morgan fingerprint density at radius 3 is 2.92 bits per heavy atom. The van der Waals surface area contributed by atoms with Crippen LogP contribution in [0.2, 0.25) is 0 Å². The lowest BCUT2D eigenvalue weighted by atomic mass is 9.70. The van der Waals surface area contributed by atoms with Gasteiger partial charge < -0.3 is 19.5 Å². The largest absolute Gasteiger partial charge is 0.454 e. The van der Waals surface area contributed by atoms with Crippen molar-refractivity contribution >= 4 is 5.91 Å². The van der Waals surface area contributed by atoms with E-state index in [9.17, 15) is 4.79 Å². The van der Waals surface area contributed by atoms with E-state index in [2.05, 4.69) is 10.2 Å². The van der Waals surface area contributed by atoms with Gasteiger partial charge in [-0.05, 0) is 56.5 Å². The summed E-state index contributed by atoms with van der Waals surface area (Å²) in [4.78, 5) is 15.1. The summed E-state index contributed by atoms with van der Waals surface area (Å²) >= 11 is 0. The second-order valence-corrected chi connectivity index (χ2v) is 7.80. The fraction of sp³-hybridized carbons (Fsp3) is 0.650. The highest BCUT2D eigenvalue weighted by atomic mass is 16.7. The van der Waals surface area contributed by atoms with Gasteiger partial charge in [0.25, 0.3) is 0 Å². The zero-order chi connectivity index (χ0) is 17.5. The summed E-state index contributed by atoms with van der Waals surface area (Å²) in [6.45, 7) is 3.40. The van der Waals surface area contributed by atoms with Gasteiger partial charge in [0.05, 0.1) is 18.2 Å². The van der Waals surface area contributed by atoms with Crippen LogP contribution < -0.4 is 14.8 Å². The van der Waals surface area contributed by atoms with E-state index in [-0.39, 0.29) is 18.7 Å². The molecule has 0 unspecified atom stereocenters. The molecule has 0 bridgehead atoms. The summed E-state index contributed by atoms with van der Waals surface area (Å²) in [5, 5.41) is 3.32. The predicted molar refractivity (Wildman–Crippen MR) is 95.3 cm³/mol. The molecule has 1 aliphatic carbocycles. The highest BCUT2D eigenvalue weighted by Crippen LogP contribution is 2.43. The van der Waals surface area contributed by atoms with Gasteiger partial charge >= 0.3 is 0 Å². The van der Waals surface area contributed by atoms with Gasteiger partial charge in [-0.2, -0.15) is 0 Å². The van der Waals surface area contributed by atoms with E-state index >= 15 is 0 Å². The second kappa shape index (κ2) is 6.74. The summed E-state index contributed by atoms with van der Waals surface area (Å²) in [6.07, 6.45) is 5.14. The minimum atomic E-state index is 0.141. The smallest absolute Gasteiger partial charge is 0.231 e. The van der Waals surface area contributed by atoms with Gasteiger partial charge in [0, 0.05) is 18.9 Å². The summed E-state index contributed by atoms with van der Waals surface area (Å²) in [7, 11) is 0. The molecule has 0 radical (unpaired) electrons. The Morgan fingerprint density at radius 2 is 2.04 bits per heavy atom. The number of nitrogens with one attached hydrogen (secondary N) is 1. The highest BCUT2D eigenvalue weighted by molar-refractivity contribution is 5.77. The summed E-state index contributed by atoms with van der Waals surface area (Å²) in [5.41, 5.74) is 1.11. The van der Waals surface area contributed by atoms with E-state index in [0.717, 1.165) is 43.2 Å². The van der Waals surface area contributed by atoms with Crippen LogP contribution in [0.25, 0.3) is 0 Å². The lowest BCUT2D eigenvalue weighted by molar-refractivity contribution is -0.128. The number of aryl methyl sites for hydroxylation is 1. The highest BCUT2D eigenvalue weighted by Gasteiger charge is 2.56. The third-order valence-corrected chi connectivity index (χ3v) is 6.32. The summed E-state index contributed by atoms with van der Waals surface area (Å²) in [5.74, 6) is 2.20. The van der Waals surface area contributed by atoms with Crippen LogP contribution >= 0.6 is 0 Å². The molecule has 0 aromatic heterocycles. The van der Waals surface area contributed by atoms with Crippen molar-refractivity contribution in [1.82, 2.24) is 10.2 Å². The molecule has 4 aliphatic rings. The molecule has 5 rings (SSSR count). The Bertz CT molecular complexity index is 684. The third kappa shape index (κ3) is 2.85. The molecule has 3 aliphatic heterocycles. The monoisotopic (exact) mass is 358 g/mol.